The summed E-state index contributed by atoms with van der Waals surface area (Å²) in [7, 11) is 1.35. The van der Waals surface area contributed by atoms with Gasteiger partial charge in [0.05, 0.1) is 19.1 Å². The van der Waals surface area contributed by atoms with Gasteiger partial charge in [-0.3, -0.25) is 9.78 Å². The molecule has 0 unspecified atom stereocenters. The lowest BCUT2D eigenvalue weighted by atomic mass is 9.91. The molecular formula is C10H14N2O2. The van der Waals surface area contributed by atoms with E-state index < -0.39 is 5.54 Å². The highest BCUT2D eigenvalue weighted by molar-refractivity contribution is 5.71. The van der Waals surface area contributed by atoms with Crippen LogP contribution in [0.3, 0.4) is 0 Å². The molecule has 0 fully saturated rings. The van der Waals surface area contributed by atoms with Crippen molar-refractivity contribution in [2.75, 3.05) is 7.11 Å². The summed E-state index contributed by atoms with van der Waals surface area (Å²) >= 11 is 0. The van der Waals surface area contributed by atoms with E-state index in [2.05, 4.69) is 9.72 Å². The van der Waals surface area contributed by atoms with Crippen LogP contribution < -0.4 is 5.73 Å². The van der Waals surface area contributed by atoms with E-state index in [1.807, 2.05) is 6.07 Å². The van der Waals surface area contributed by atoms with Crippen LogP contribution in [-0.2, 0) is 15.1 Å². The van der Waals surface area contributed by atoms with Gasteiger partial charge in [-0.2, -0.15) is 0 Å². The summed E-state index contributed by atoms with van der Waals surface area (Å²) in [5.41, 5.74) is 6.08. The van der Waals surface area contributed by atoms with E-state index in [0.29, 0.717) is 0 Å². The number of carbonyl (C=O) groups excluding carboxylic acids is 1. The molecule has 1 aromatic heterocycles. The van der Waals surface area contributed by atoms with Crippen molar-refractivity contribution in [1.29, 1.82) is 0 Å². The lowest BCUT2D eigenvalue weighted by Gasteiger charge is -2.23. The van der Waals surface area contributed by atoms with Gasteiger partial charge in [0, 0.05) is 12.4 Å². The molecule has 1 aromatic rings. The summed E-state index contributed by atoms with van der Waals surface area (Å²) < 4.78 is 4.57. The molecule has 1 rings (SSSR count). The van der Waals surface area contributed by atoms with Gasteiger partial charge >= 0.3 is 5.97 Å². The second-order valence-corrected chi connectivity index (χ2v) is 3.41. The van der Waals surface area contributed by atoms with Crippen molar-refractivity contribution in [3.05, 3.63) is 30.1 Å². The predicted molar refractivity (Wildman–Crippen MR) is 52.4 cm³/mol. The fourth-order valence-corrected chi connectivity index (χ4v) is 1.17. The molecule has 0 spiro atoms. The van der Waals surface area contributed by atoms with Gasteiger partial charge in [-0.05, 0) is 18.6 Å². The third-order valence-electron chi connectivity index (χ3n) is 2.06. The summed E-state index contributed by atoms with van der Waals surface area (Å²) in [6.07, 6.45) is 3.47. The van der Waals surface area contributed by atoms with Crippen molar-refractivity contribution < 1.29 is 9.53 Å². The maximum absolute atomic E-state index is 11.1. The van der Waals surface area contributed by atoms with Gasteiger partial charge in [0.25, 0.3) is 0 Å². The van der Waals surface area contributed by atoms with Crippen molar-refractivity contribution in [3.63, 3.8) is 0 Å². The minimum atomic E-state index is -0.721. The van der Waals surface area contributed by atoms with E-state index >= 15 is 0 Å². The predicted octanol–water partition coefficient (Wildman–Crippen LogP) is 0.819. The minimum absolute atomic E-state index is 0.148. The van der Waals surface area contributed by atoms with Crippen LogP contribution in [0.5, 0.6) is 0 Å². The zero-order chi connectivity index (χ0) is 10.6. The Morgan fingerprint density at radius 3 is 2.93 bits per heavy atom. The average Bonchev–Trinajstić information content (AvgIpc) is 2.18. The van der Waals surface area contributed by atoms with E-state index in [0.717, 1.165) is 5.56 Å². The molecule has 76 valence electrons. The molecule has 0 amide bonds. The van der Waals surface area contributed by atoms with Gasteiger partial charge in [-0.1, -0.05) is 6.07 Å². The molecule has 0 saturated carbocycles. The van der Waals surface area contributed by atoms with E-state index in [-0.39, 0.29) is 12.4 Å². The highest BCUT2D eigenvalue weighted by Gasteiger charge is 2.25. The van der Waals surface area contributed by atoms with Gasteiger partial charge in [0.15, 0.2) is 0 Å². The maximum atomic E-state index is 11.1. The monoisotopic (exact) mass is 194 g/mol. The Morgan fingerprint density at radius 1 is 1.71 bits per heavy atom. The standard InChI is InChI=1S/C10H14N2O2/c1-10(11,6-9(13)14-2)8-4-3-5-12-7-8/h3-5,7H,6,11H2,1-2H3/t10-/m0/s1. The van der Waals surface area contributed by atoms with Crippen LogP contribution in [0.25, 0.3) is 0 Å². The second-order valence-electron chi connectivity index (χ2n) is 3.41. The highest BCUT2D eigenvalue weighted by atomic mass is 16.5. The van der Waals surface area contributed by atoms with Crippen molar-refractivity contribution in [2.24, 2.45) is 5.73 Å². The van der Waals surface area contributed by atoms with Crippen LogP contribution in [0, 0.1) is 0 Å². The number of ether oxygens (including phenoxy) is 1. The molecule has 14 heavy (non-hydrogen) atoms. The Labute approximate surface area is 83.1 Å². The smallest absolute Gasteiger partial charge is 0.307 e. The summed E-state index contributed by atoms with van der Waals surface area (Å²) in [5.74, 6) is -0.321. The first-order chi connectivity index (χ1) is 6.56. The van der Waals surface area contributed by atoms with Crippen LogP contribution >= 0.6 is 0 Å². The third-order valence-corrected chi connectivity index (χ3v) is 2.06. The van der Waals surface area contributed by atoms with Gasteiger partial charge in [0.2, 0.25) is 0 Å². The van der Waals surface area contributed by atoms with E-state index in [1.54, 1.807) is 25.4 Å². The molecule has 4 heteroatoms. The fraction of sp³-hybridized carbons (Fsp3) is 0.400. The van der Waals surface area contributed by atoms with Crippen molar-refractivity contribution >= 4 is 5.97 Å². The number of rotatable bonds is 3. The average molecular weight is 194 g/mol. The molecule has 4 nitrogen and oxygen atoms in total. The van der Waals surface area contributed by atoms with Crippen LogP contribution in [0.1, 0.15) is 18.9 Å². The normalized spacial score (nSPS) is 14.5. The molecule has 0 aliphatic heterocycles. The number of carbonyl (C=O) groups is 1. The molecule has 0 aliphatic carbocycles. The molecule has 0 bridgehead atoms. The zero-order valence-corrected chi connectivity index (χ0v) is 8.36. The van der Waals surface area contributed by atoms with E-state index in [9.17, 15) is 4.79 Å². The number of nitrogens with zero attached hydrogens (tertiary/aromatic N) is 1. The Morgan fingerprint density at radius 2 is 2.43 bits per heavy atom. The summed E-state index contributed by atoms with van der Waals surface area (Å²) in [6.45, 7) is 1.78. The zero-order valence-electron chi connectivity index (χ0n) is 8.36. The number of hydrogen-bond acceptors (Lipinski definition) is 4. The summed E-state index contributed by atoms with van der Waals surface area (Å²) in [5, 5.41) is 0. The first-order valence-electron chi connectivity index (χ1n) is 4.32. The van der Waals surface area contributed by atoms with Gasteiger partial charge in [-0.25, -0.2) is 0 Å². The number of esters is 1. The van der Waals surface area contributed by atoms with Crippen LogP contribution in [0.2, 0.25) is 0 Å². The lowest BCUT2D eigenvalue weighted by Crippen LogP contribution is -2.36. The molecule has 1 atom stereocenters. The topological polar surface area (TPSA) is 65.2 Å². The molecule has 2 N–H and O–H groups in total. The number of hydrogen-bond donors (Lipinski definition) is 1. The summed E-state index contributed by atoms with van der Waals surface area (Å²) in [6, 6.07) is 3.63. The van der Waals surface area contributed by atoms with E-state index in [4.69, 9.17) is 5.73 Å². The Balaban J connectivity index is 2.80. The molecule has 0 aromatic carbocycles. The van der Waals surface area contributed by atoms with Gasteiger partial charge < -0.3 is 10.5 Å². The van der Waals surface area contributed by atoms with Gasteiger partial charge in [-0.15, -0.1) is 0 Å². The Hall–Kier alpha value is -1.42. The molecule has 0 aliphatic rings. The van der Waals surface area contributed by atoms with Crippen LogP contribution in [0.4, 0.5) is 0 Å². The number of aromatic nitrogens is 1. The molecular weight excluding hydrogens is 180 g/mol. The SMILES string of the molecule is COC(=O)C[C@](C)(N)c1cccnc1. The quantitative estimate of drug-likeness (QED) is 0.723. The number of pyridine rings is 1. The Kier molecular flexibility index (Phi) is 3.19. The summed E-state index contributed by atoms with van der Waals surface area (Å²) in [4.78, 5) is 15.0. The molecule has 1 heterocycles. The van der Waals surface area contributed by atoms with E-state index in [1.165, 1.54) is 7.11 Å². The molecule has 0 saturated heterocycles. The molecule has 0 radical (unpaired) electrons. The first kappa shape index (κ1) is 10.7. The largest absolute Gasteiger partial charge is 0.469 e. The fourth-order valence-electron chi connectivity index (χ4n) is 1.17. The Bertz CT molecular complexity index is 309. The highest BCUT2D eigenvalue weighted by Crippen LogP contribution is 2.20. The first-order valence-corrected chi connectivity index (χ1v) is 4.32. The van der Waals surface area contributed by atoms with Crippen LogP contribution in [0.15, 0.2) is 24.5 Å². The van der Waals surface area contributed by atoms with Gasteiger partial charge in [0.1, 0.15) is 0 Å². The van der Waals surface area contributed by atoms with Crippen molar-refractivity contribution in [3.8, 4) is 0 Å². The third kappa shape index (κ3) is 2.53. The number of methoxy groups -OCH3 is 1. The van der Waals surface area contributed by atoms with Crippen molar-refractivity contribution in [1.82, 2.24) is 4.98 Å². The van der Waals surface area contributed by atoms with Crippen molar-refractivity contribution in [2.45, 2.75) is 18.9 Å². The second kappa shape index (κ2) is 4.19. The number of nitrogens with two attached hydrogens (primary N) is 1. The lowest BCUT2D eigenvalue weighted by molar-refractivity contribution is -0.141. The minimum Gasteiger partial charge on any atom is -0.469 e. The van der Waals surface area contributed by atoms with Crippen LogP contribution in [-0.4, -0.2) is 18.1 Å². The maximum Gasteiger partial charge on any atom is 0.307 e.